The number of rotatable bonds is 1. The number of hydrogen-bond donors (Lipinski definition) is 1. The van der Waals surface area contributed by atoms with Crippen LogP contribution in [0.4, 0.5) is 5.82 Å². The fourth-order valence-electron chi connectivity index (χ4n) is 1.68. The van der Waals surface area contributed by atoms with Crippen LogP contribution in [-0.2, 0) is 7.05 Å². The van der Waals surface area contributed by atoms with Crippen LogP contribution in [-0.4, -0.2) is 9.78 Å². The van der Waals surface area contributed by atoms with Crippen molar-refractivity contribution in [1.29, 1.82) is 0 Å². The number of aryl methyl sites for hydroxylation is 2. The number of nitrogens with zero attached hydrogens (tertiary/aromatic N) is 2. The first-order valence-electron chi connectivity index (χ1n) is 4.64. The number of anilines is 1. The maximum atomic E-state index is 5.94. The molecule has 2 rings (SSSR count). The summed E-state index contributed by atoms with van der Waals surface area (Å²) >= 11 is 5.94. The first kappa shape index (κ1) is 10.1. The van der Waals surface area contributed by atoms with E-state index < -0.39 is 0 Å². The zero-order valence-corrected chi connectivity index (χ0v) is 9.42. The van der Waals surface area contributed by atoms with Crippen LogP contribution in [0.5, 0.6) is 0 Å². The van der Waals surface area contributed by atoms with Crippen LogP contribution in [0.25, 0.3) is 11.1 Å². The van der Waals surface area contributed by atoms with Crippen molar-refractivity contribution < 1.29 is 0 Å². The van der Waals surface area contributed by atoms with Crippen LogP contribution in [0, 0.1) is 6.92 Å². The molecule has 0 radical (unpaired) electrons. The molecule has 0 aliphatic rings. The van der Waals surface area contributed by atoms with E-state index in [1.165, 1.54) is 0 Å². The molecular formula is C11H12ClN3. The smallest absolute Gasteiger partial charge is 0.129 e. The van der Waals surface area contributed by atoms with Crippen LogP contribution in [0.3, 0.4) is 0 Å². The summed E-state index contributed by atoms with van der Waals surface area (Å²) in [4.78, 5) is 0. The van der Waals surface area contributed by atoms with Gasteiger partial charge in [-0.25, -0.2) is 0 Å². The van der Waals surface area contributed by atoms with Gasteiger partial charge in [-0.15, -0.1) is 0 Å². The summed E-state index contributed by atoms with van der Waals surface area (Å²) in [7, 11) is 1.83. The van der Waals surface area contributed by atoms with Gasteiger partial charge >= 0.3 is 0 Å². The number of benzene rings is 1. The molecule has 15 heavy (non-hydrogen) atoms. The van der Waals surface area contributed by atoms with E-state index in [0.717, 1.165) is 16.8 Å². The Morgan fingerprint density at radius 2 is 2.13 bits per heavy atom. The lowest BCUT2D eigenvalue weighted by atomic mass is 10.1. The minimum Gasteiger partial charge on any atom is -0.383 e. The van der Waals surface area contributed by atoms with Crippen LogP contribution >= 0.6 is 11.6 Å². The molecular weight excluding hydrogens is 210 g/mol. The van der Waals surface area contributed by atoms with E-state index in [4.69, 9.17) is 17.3 Å². The molecule has 0 spiro atoms. The van der Waals surface area contributed by atoms with Crippen molar-refractivity contribution in [3.8, 4) is 11.1 Å². The van der Waals surface area contributed by atoms with Crippen molar-refractivity contribution in [2.75, 3.05) is 5.73 Å². The zero-order chi connectivity index (χ0) is 11.0. The monoisotopic (exact) mass is 221 g/mol. The average molecular weight is 222 g/mol. The van der Waals surface area contributed by atoms with Gasteiger partial charge in [-0.2, -0.15) is 5.10 Å². The van der Waals surface area contributed by atoms with Crippen LogP contribution < -0.4 is 5.73 Å². The Morgan fingerprint density at radius 1 is 1.40 bits per heavy atom. The Hall–Kier alpha value is -1.48. The van der Waals surface area contributed by atoms with Gasteiger partial charge < -0.3 is 5.73 Å². The molecule has 0 aliphatic carbocycles. The van der Waals surface area contributed by atoms with E-state index in [9.17, 15) is 0 Å². The highest BCUT2D eigenvalue weighted by molar-refractivity contribution is 6.30. The highest BCUT2D eigenvalue weighted by atomic mass is 35.5. The van der Waals surface area contributed by atoms with Crippen molar-refractivity contribution in [2.45, 2.75) is 6.92 Å². The summed E-state index contributed by atoms with van der Waals surface area (Å²) in [6, 6.07) is 7.62. The van der Waals surface area contributed by atoms with E-state index in [1.54, 1.807) is 4.68 Å². The molecule has 0 unspecified atom stereocenters. The number of nitrogen functional groups attached to an aromatic ring is 1. The van der Waals surface area contributed by atoms with Gasteiger partial charge in [0.1, 0.15) is 5.82 Å². The number of hydrogen-bond acceptors (Lipinski definition) is 2. The second-order valence-corrected chi connectivity index (χ2v) is 3.92. The highest BCUT2D eigenvalue weighted by Crippen LogP contribution is 2.30. The van der Waals surface area contributed by atoms with Crippen molar-refractivity contribution in [1.82, 2.24) is 9.78 Å². The standard InChI is InChI=1S/C11H12ClN3/c1-7-10(11(13)15(2)14-7)8-4-3-5-9(12)6-8/h3-6H,13H2,1-2H3. The second-order valence-electron chi connectivity index (χ2n) is 3.48. The van der Waals surface area contributed by atoms with Crippen LogP contribution in [0.1, 0.15) is 5.69 Å². The second kappa shape index (κ2) is 3.59. The van der Waals surface area contributed by atoms with Crippen molar-refractivity contribution in [3.05, 3.63) is 35.0 Å². The molecule has 2 aromatic rings. The molecule has 1 heterocycles. The summed E-state index contributed by atoms with van der Waals surface area (Å²) in [5.74, 6) is 0.662. The van der Waals surface area contributed by atoms with Gasteiger partial charge in [0.05, 0.1) is 5.69 Å². The highest BCUT2D eigenvalue weighted by Gasteiger charge is 2.12. The van der Waals surface area contributed by atoms with Crippen molar-refractivity contribution >= 4 is 17.4 Å². The minimum absolute atomic E-state index is 0.662. The quantitative estimate of drug-likeness (QED) is 0.805. The topological polar surface area (TPSA) is 43.8 Å². The van der Waals surface area contributed by atoms with Gasteiger partial charge in [-0.1, -0.05) is 23.7 Å². The molecule has 0 saturated carbocycles. The molecule has 0 aliphatic heterocycles. The average Bonchev–Trinajstić information content (AvgIpc) is 2.41. The molecule has 2 N–H and O–H groups in total. The maximum Gasteiger partial charge on any atom is 0.129 e. The third-order valence-electron chi connectivity index (χ3n) is 2.38. The molecule has 3 nitrogen and oxygen atoms in total. The van der Waals surface area contributed by atoms with Crippen LogP contribution in [0.2, 0.25) is 5.02 Å². The van der Waals surface area contributed by atoms with E-state index >= 15 is 0 Å². The number of halogens is 1. The van der Waals surface area contributed by atoms with E-state index in [2.05, 4.69) is 5.10 Å². The van der Waals surface area contributed by atoms with Crippen molar-refractivity contribution in [2.24, 2.45) is 7.05 Å². The van der Waals surface area contributed by atoms with Crippen LogP contribution in [0.15, 0.2) is 24.3 Å². The van der Waals surface area contributed by atoms with E-state index in [-0.39, 0.29) is 0 Å². The maximum absolute atomic E-state index is 5.94. The molecule has 0 bridgehead atoms. The van der Waals surface area contributed by atoms with E-state index in [0.29, 0.717) is 10.8 Å². The van der Waals surface area contributed by atoms with Gasteiger partial charge in [-0.05, 0) is 24.6 Å². The SMILES string of the molecule is Cc1nn(C)c(N)c1-c1cccc(Cl)c1. The lowest BCUT2D eigenvalue weighted by molar-refractivity contribution is 0.767. The zero-order valence-electron chi connectivity index (χ0n) is 8.66. The number of aromatic nitrogens is 2. The van der Waals surface area contributed by atoms with Crippen molar-refractivity contribution in [3.63, 3.8) is 0 Å². The molecule has 0 atom stereocenters. The predicted octanol–water partition coefficient (Wildman–Crippen LogP) is 2.63. The Labute approximate surface area is 93.5 Å². The number of nitrogens with two attached hydrogens (primary N) is 1. The Balaban J connectivity index is 2.63. The summed E-state index contributed by atoms with van der Waals surface area (Å²) in [5.41, 5.74) is 8.82. The van der Waals surface area contributed by atoms with E-state index in [1.807, 2.05) is 38.2 Å². The third kappa shape index (κ3) is 1.70. The fourth-order valence-corrected chi connectivity index (χ4v) is 1.87. The van der Waals surface area contributed by atoms with Gasteiger partial charge in [0.25, 0.3) is 0 Å². The fraction of sp³-hybridized carbons (Fsp3) is 0.182. The molecule has 1 aromatic carbocycles. The summed E-state index contributed by atoms with van der Waals surface area (Å²) in [6.45, 7) is 1.94. The van der Waals surface area contributed by atoms with Gasteiger partial charge in [0, 0.05) is 17.6 Å². The lowest BCUT2D eigenvalue weighted by Gasteiger charge is -2.02. The molecule has 1 aromatic heterocycles. The molecule has 78 valence electrons. The summed E-state index contributed by atoms with van der Waals surface area (Å²) in [5, 5.41) is 4.97. The predicted molar refractivity (Wildman–Crippen MR) is 62.8 cm³/mol. The lowest BCUT2D eigenvalue weighted by Crippen LogP contribution is -1.97. The van der Waals surface area contributed by atoms with Gasteiger partial charge in [-0.3, -0.25) is 4.68 Å². The van der Waals surface area contributed by atoms with Gasteiger partial charge in [0.2, 0.25) is 0 Å². The minimum atomic E-state index is 0.662. The molecule has 0 saturated heterocycles. The molecule has 4 heteroatoms. The Kier molecular flexibility index (Phi) is 2.40. The third-order valence-corrected chi connectivity index (χ3v) is 2.61. The normalized spacial score (nSPS) is 10.6. The van der Waals surface area contributed by atoms with Gasteiger partial charge in [0.15, 0.2) is 0 Å². The molecule has 0 amide bonds. The first-order chi connectivity index (χ1) is 7.09. The Bertz CT molecular complexity index is 503. The summed E-state index contributed by atoms with van der Waals surface area (Å²) in [6.07, 6.45) is 0. The summed E-state index contributed by atoms with van der Waals surface area (Å²) < 4.78 is 1.67. The largest absolute Gasteiger partial charge is 0.383 e. The Morgan fingerprint density at radius 3 is 2.67 bits per heavy atom. The first-order valence-corrected chi connectivity index (χ1v) is 5.02. The molecule has 0 fully saturated rings.